The van der Waals surface area contributed by atoms with Gasteiger partial charge in [0.15, 0.2) is 5.13 Å². The van der Waals surface area contributed by atoms with Crippen LogP contribution in [-0.2, 0) is 54.4 Å². The van der Waals surface area contributed by atoms with E-state index < -0.39 is 12.1 Å². The monoisotopic (exact) mass is 1210 g/mol. The Kier molecular flexibility index (Phi) is 25.8. The van der Waals surface area contributed by atoms with Gasteiger partial charge in [0.25, 0.3) is 0 Å². The van der Waals surface area contributed by atoms with Gasteiger partial charge in [-0.1, -0.05) is 53.2 Å². The molecule has 3 N–H and O–H groups in total. The Hall–Kier alpha value is -6.92. The number of rotatable bonds is 36. The van der Waals surface area contributed by atoms with Crippen molar-refractivity contribution in [1.29, 1.82) is 0 Å². The number of aryl methyl sites for hydroxylation is 1. The second kappa shape index (κ2) is 34.3. The number of carbonyl (C=O) groups excluding carboxylic acids is 4. The van der Waals surface area contributed by atoms with Gasteiger partial charge in [0.2, 0.25) is 17.7 Å². The van der Waals surface area contributed by atoms with Crippen molar-refractivity contribution in [2.45, 2.75) is 82.8 Å². The topological polar surface area (TPSA) is 216 Å². The molecule has 0 spiro atoms. The second-order valence-electron chi connectivity index (χ2n) is 21.3. The highest BCUT2D eigenvalue weighted by atomic mass is 35.5. The first-order valence-electron chi connectivity index (χ1n) is 29.5. The minimum absolute atomic E-state index is 0.0121. The van der Waals surface area contributed by atoms with Crippen LogP contribution in [-0.4, -0.2) is 189 Å². The minimum Gasteiger partial charge on any atom is -0.497 e. The Morgan fingerprint density at radius 3 is 2.19 bits per heavy atom. The van der Waals surface area contributed by atoms with Gasteiger partial charge in [-0.15, -0.1) is 16.4 Å². The molecule has 1 atom stereocenters. The lowest BCUT2D eigenvalue weighted by Gasteiger charge is -2.32. The van der Waals surface area contributed by atoms with Crippen LogP contribution in [0.3, 0.4) is 0 Å². The van der Waals surface area contributed by atoms with Gasteiger partial charge < -0.3 is 58.7 Å². The average Bonchev–Trinajstić information content (AvgIpc) is 4.28. The number of urea groups is 1. The summed E-state index contributed by atoms with van der Waals surface area (Å²) >= 11 is 7.73. The Balaban J connectivity index is 0.604. The average molecular weight is 1210 g/mol. The predicted molar refractivity (Wildman–Crippen MR) is 328 cm³/mol. The maximum atomic E-state index is 14.0. The molecule has 3 aliphatic rings. The molecule has 5 aromatic rings. The van der Waals surface area contributed by atoms with Crippen LogP contribution in [0.2, 0.25) is 0 Å². The summed E-state index contributed by atoms with van der Waals surface area (Å²) in [4.78, 5) is 65.8. The second-order valence-corrected chi connectivity index (χ2v) is 22.6. The highest BCUT2D eigenvalue weighted by Crippen LogP contribution is 2.36. The predicted octanol–water partition coefficient (Wildman–Crippen LogP) is 7.79. The van der Waals surface area contributed by atoms with Crippen LogP contribution in [0.1, 0.15) is 73.5 Å². The normalized spacial score (nSPS) is 14.8. The Morgan fingerprint density at radius 1 is 0.753 bits per heavy atom. The lowest BCUT2D eigenvalue weighted by Crippen LogP contribution is -2.47. The maximum absolute atomic E-state index is 14.0. The summed E-state index contributed by atoms with van der Waals surface area (Å²) in [6, 6.07) is 21.2. The van der Waals surface area contributed by atoms with Crippen molar-refractivity contribution in [3.63, 3.8) is 0 Å². The Morgan fingerprint density at radius 2 is 1.45 bits per heavy atom. The fraction of sp³-hybridized carbons (Fsp3) is 0.500. The number of likely N-dealkylation sites (N-methyl/N-ethyl adjacent to an activating group) is 2. The quantitative estimate of drug-likeness (QED) is 0.0326. The molecule has 0 radical (unpaired) electrons. The van der Waals surface area contributed by atoms with Crippen molar-refractivity contribution >= 4 is 57.5 Å². The molecule has 458 valence electrons. The van der Waals surface area contributed by atoms with E-state index in [0.29, 0.717) is 125 Å². The van der Waals surface area contributed by atoms with Crippen molar-refractivity contribution in [2.24, 2.45) is 0 Å². The summed E-state index contributed by atoms with van der Waals surface area (Å²) in [7, 11) is 5.75. The summed E-state index contributed by atoms with van der Waals surface area (Å²) < 4.78 is 36.3. The molecule has 3 heterocycles. The van der Waals surface area contributed by atoms with Gasteiger partial charge in [-0.25, -0.2) is 14.5 Å². The Bertz CT molecular complexity index is 2930. The number of carbonyl (C=O) groups is 4. The molecule has 1 aliphatic heterocycles. The summed E-state index contributed by atoms with van der Waals surface area (Å²) in [5.41, 5.74) is 4.74. The molecule has 1 saturated heterocycles. The molecular weight excluding hydrogens is 1130 g/mol. The lowest BCUT2D eigenvalue weighted by atomic mass is 10.0. The number of ether oxygens (including phenoxy) is 6. The largest absolute Gasteiger partial charge is 0.497 e. The van der Waals surface area contributed by atoms with Crippen LogP contribution in [0.5, 0.6) is 17.2 Å². The molecule has 1 saturated carbocycles. The third kappa shape index (κ3) is 21.8. The number of nitrogens with zero attached hydrogens (tertiary/aromatic N) is 8. The highest BCUT2D eigenvalue weighted by molar-refractivity contribution is 7.14. The fourth-order valence-corrected chi connectivity index (χ4v) is 10.6. The molecule has 3 aromatic carbocycles. The highest BCUT2D eigenvalue weighted by Gasteiger charge is 2.41. The van der Waals surface area contributed by atoms with Gasteiger partial charge in [-0.2, -0.15) is 0 Å². The first kappa shape index (κ1) is 64.1. The molecule has 5 amide bonds. The zero-order chi connectivity index (χ0) is 59.6. The number of unbranched alkanes of at least 4 members (excludes halogenated alkanes) is 1. The zero-order valence-corrected chi connectivity index (χ0v) is 50.8. The number of methoxy groups -OCH3 is 1. The van der Waals surface area contributed by atoms with Crippen molar-refractivity contribution in [3.05, 3.63) is 130 Å². The lowest BCUT2D eigenvalue weighted by molar-refractivity contribution is -0.141. The number of piperazine rings is 1. The number of hydrogen-bond donors (Lipinski definition) is 3. The van der Waals surface area contributed by atoms with E-state index in [-0.39, 0.29) is 36.6 Å². The molecule has 2 fully saturated rings. The summed E-state index contributed by atoms with van der Waals surface area (Å²) in [5, 5.41) is 20.0. The van der Waals surface area contributed by atoms with E-state index in [9.17, 15) is 19.2 Å². The van der Waals surface area contributed by atoms with Crippen molar-refractivity contribution < 1.29 is 47.6 Å². The molecule has 8 rings (SSSR count). The fourth-order valence-electron chi connectivity index (χ4n) is 9.61. The molecule has 0 bridgehead atoms. The smallest absolute Gasteiger partial charge is 0.325 e. The number of allylic oxidation sites excluding steroid dienone is 2. The van der Waals surface area contributed by atoms with Gasteiger partial charge in [0, 0.05) is 80.4 Å². The number of anilines is 2. The SMILES string of the molecule is COc1ccc(C(C(=O)NCC2=CCCC=C2Cl)N(C(=O)CCc2ccc(OCCCCN(C)CCOCCOCCc3cn(CCOCCOc4ccc(NC(=O)Nc5nc(CC(=O)N6CCN(C)CC6)cs5)cc4)nn3)cc2)C2CC2)cc1. The zero-order valence-electron chi connectivity index (χ0n) is 49.2. The summed E-state index contributed by atoms with van der Waals surface area (Å²) in [6.45, 7) is 9.73. The van der Waals surface area contributed by atoms with E-state index >= 15 is 0 Å². The number of benzene rings is 3. The summed E-state index contributed by atoms with van der Waals surface area (Å²) in [6.07, 6.45) is 13.0. The van der Waals surface area contributed by atoms with Gasteiger partial charge in [-0.3, -0.25) is 19.7 Å². The van der Waals surface area contributed by atoms with Crippen LogP contribution < -0.4 is 30.2 Å². The van der Waals surface area contributed by atoms with Crippen molar-refractivity contribution in [1.82, 2.24) is 44.9 Å². The van der Waals surface area contributed by atoms with Gasteiger partial charge in [0.05, 0.1) is 77.7 Å². The number of thiazole rings is 1. The van der Waals surface area contributed by atoms with Crippen molar-refractivity contribution in [2.75, 3.05) is 131 Å². The van der Waals surface area contributed by atoms with E-state index in [1.54, 1.807) is 46.3 Å². The first-order valence-corrected chi connectivity index (χ1v) is 30.7. The van der Waals surface area contributed by atoms with Crippen LogP contribution >= 0.6 is 22.9 Å². The van der Waals surface area contributed by atoms with Crippen LogP contribution in [0.4, 0.5) is 15.6 Å². The molecule has 2 aliphatic carbocycles. The first-order chi connectivity index (χ1) is 41.5. The number of nitrogens with one attached hydrogen (secondary N) is 3. The van der Waals surface area contributed by atoms with E-state index in [1.807, 2.05) is 72.8 Å². The molecule has 85 heavy (non-hydrogen) atoms. The van der Waals surface area contributed by atoms with Crippen LogP contribution in [0.15, 0.2) is 107 Å². The standard InChI is InChI=1S/C62H82ClN11O10S/c1-70(27-6-7-34-83-54-19-10-46(11-20-54)12-25-57(75)74(52-17-18-52)59(47-13-21-53(79-3)22-14-47)60(77)64-43-48-8-4-5-9-56(48)63)32-36-81-39-38-80-35-26-50-44-73(69-68-50)33-37-82-40-41-84-55-23-15-49(16-24-55)65-61(78)67-62-66-51(45-85-62)42-58(76)72-30-28-71(2)29-31-72/h8-11,13-16,19-24,44-45,52,59H,4-7,12,17-18,25-43H2,1-3H3,(H,64,77)(H2,65,66,67,78). The molecule has 2 aromatic heterocycles. The number of aromatic nitrogens is 4. The minimum atomic E-state index is -0.770. The van der Waals surface area contributed by atoms with Gasteiger partial charge in [0.1, 0.15) is 29.9 Å². The van der Waals surface area contributed by atoms with Gasteiger partial charge >= 0.3 is 6.03 Å². The Labute approximate surface area is 507 Å². The summed E-state index contributed by atoms with van der Waals surface area (Å²) in [5.74, 6) is 1.89. The molecule has 21 nitrogen and oxygen atoms in total. The third-order valence-corrected chi connectivity index (χ3v) is 15.9. The molecule has 1 unspecified atom stereocenters. The van der Waals surface area contributed by atoms with E-state index in [2.05, 4.69) is 54.2 Å². The number of hydrogen-bond acceptors (Lipinski definition) is 16. The molecular formula is C62H82ClN11O10S. The third-order valence-electron chi connectivity index (χ3n) is 14.7. The maximum Gasteiger partial charge on any atom is 0.325 e. The van der Waals surface area contributed by atoms with Gasteiger partial charge in [-0.05, 0) is 131 Å². The molecule has 23 heteroatoms. The number of halogens is 1. The van der Waals surface area contributed by atoms with Crippen LogP contribution in [0.25, 0.3) is 0 Å². The van der Waals surface area contributed by atoms with E-state index in [0.717, 1.165) is 92.8 Å². The number of amides is 5. The van der Waals surface area contributed by atoms with E-state index in [4.69, 9.17) is 40.0 Å². The van der Waals surface area contributed by atoms with Crippen LogP contribution in [0, 0.1) is 0 Å². The van der Waals surface area contributed by atoms with E-state index in [1.165, 1.54) is 11.3 Å². The van der Waals surface area contributed by atoms with Crippen molar-refractivity contribution in [3.8, 4) is 17.2 Å².